The molecule has 14 heavy (non-hydrogen) atoms. The maximum atomic E-state index is 6.22. The smallest absolute Gasteiger partial charge is 0.0342 e. The van der Waals surface area contributed by atoms with Crippen molar-refractivity contribution in [3.05, 3.63) is 42.0 Å². The molecule has 1 aliphatic carbocycles. The van der Waals surface area contributed by atoms with Gasteiger partial charge in [0.1, 0.15) is 0 Å². The van der Waals surface area contributed by atoms with Crippen LogP contribution in [-0.4, -0.2) is 5.54 Å². The minimum atomic E-state index is -0.0319. The van der Waals surface area contributed by atoms with Crippen LogP contribution in [0.2, 0.25) is 0 Å². The first kappa shape index (κ1) is 9.47. The van der Waals surface area contributed by atoms with Gasteiger partial charge in [0.25, 0.3) is 0 Å². The highest BCUT2D eigenvalue weighted by Gasteiger charge is 2.25. The molecule has 0 amide bonds. The monoisotopic (exact) mass is 187 g/mol. The largest absolute Gasteiger partial charge is 0.322 e. The van der Waals surface area contributed by atoms with Crippen LogP contribution in [0.25, 0.3) is 6.08 Å². The standard InChI is InChI=1S/C13H17N/c14-13(9-4-5-10-13)11-8-12-6-2-1-3-7-12/h1-3,6-8,11H,4-5,9-10,14H2/b11-8+. The number of hydrogen-bond acceptors (Lipinski definition) is 1. The van der Waals surface area contributed by atoms with E-state index in [0.717, 1.165) is 12.8 Å². The molecule has 1 aromatic rings. The lowest BCUT2D eigenvalue weighted by molar-refractivity contribution is 0.552. The zero-order valence-electron chi connectivity index (χ0n) is 8.45. The van der Waals surface area contributed by atoms with E-state index in [1.54, 1.807) is 0 Å². The van der Waals surface area contributed by atoms with Gasteiger partial charge >= 0.3 is 0 Å². The predicted molar refractivity (Wildman–Crippen MR) is 60.9 cm³/mol. The third-order valence-corrected chi connectivity index (χ3v) is 2.94. The van der Waals surface area contributed by atoms with Gasteiger partial charge in [-0.25, -0.2) is 0 Å². The molecule has 1 aliphatic rings. The molecule has 0 saturated heterocycles. The Morgan fingerprint density at radius 1 is 1.07 bits per heavy atom. The second-order valence-electron chi connectivity index (χ2n) is 4.18. The quantitative estimate of drug-likeness (QED) is 0.756. The number of hydrogen-bond donors (Lipinski definition) is 1. The van der Waals surface area contributed by atoms with E-state index in [9.17, 15) is 0 Å². The molecule has 0 spiro atoms. The molecule has 74 valence electrons. The Balaban J connectivity index is 2.06. The molecular weight excluding hydrogens is 170 g/mol. The van der Waals surface area contributed by atoms with Gasteiger partial charge < -0.3 is 5.73 Å². The molecule has 0 radical (unpaired) electrons. The lowest BCUT2D eigenvalue weighted by Crippen LogP contribution is -2.33. The molecule has 1 aromatic carbocycles. The lowest BCUT2D eigenvalue weighted by Gasteiger charge is -2.17. The molecular formula is C13H17N. The van der Waals surface area contributed by atoms with E-state index in [2.05, 4.69) is 36.4 Å². The van der Waals surface area contributed by atoms with Crippen molar-refractivity contribution in [3.63, 3.8) is 0 Å². The molecule has 0 bridgehead atoms. The lowest BCUT2D eigenvalue weighted by atomic mass is 9.97. The fourth-order valence-electron chi connectivity index (χ4n) is 2.03. The highest BCUT2D eigenvalue weighted by molar-refractivity contribution is 5.50. The van der Waals surface area contributed by atoms with Gasteiger partial charge in [-0.15, -0.1) is 0 Å². The van der Waals surface area contributed by atoms with Gasteiger partial charge in [0.05, 0.1) is 0 Å². The van der Waals surface area contributed by atoms with Crippen molar-refractivity contribution >= 4 is 6.08 Å². The summed E-state index contributed by atoms with van der Waals surface area (Å²) in [4.78, 5) is 0. The van der Waals surface area contributed by atoms with Crippen LogP contribution >= 0.6 is 0 Å². The number of nitrogens with two attached hydrogens (primary N) is 1. The van der Waals surface area contributed by atoms with E-state index in [0.29, 0.717) is 0 Å². The summed E-state index contributed by atoms with van der Waals surface area (Å²) < 4.78 is 0. The average molecular weight is 187 g/mol. The van der Waals surface area contributed by atoms with Crippen molar-refractivity contribution in [2.75, 3.05) is 0 Å². The Morgan fingerprint density at radius 3 is 2.36 bits per heavy atom. The highest BCUT2D eigenvalue weighted by Crippen LogP contribution is 2.28. The first-order chi connectivity index (χ1) is 6.79. The van der Waals surface area contributed by atoms with E-state index in [4.69, 9.17) is 5.73 Å². The summed E-state index contributed by atoms with van der Waals surface area (Å²) in [5, 5.41) is 0. The number of rotatable bonds is 2. The Labute approximate surface area is 85.6 Å². The van der Waals surface area contributed by atoms with Crippen molar-refractivity contribution < 1.29 is 0 Å². The average Bonchev–Trinajstić information content (AvgIpc) is 2.65. The maximum absolute atomic E-state index is 6.22. The third-order valence-electron chi connectivity index (χ3n) is 2.94. The molecule has 2 rings (SSSR count). The van der Waals surface area contributed by atoms with Crippen molar-refractivity contribution in [3.8, 4) is 0 Å². The maximum Gasteiger partial charge on any atom is 0.0342 e. The molecule has 1 fully saturated rings. The van der Waals surface area contributed by atoms with E-state index in [-0.39, 0.29) is 5.54 Å². The summed E-state index contributed by atoms with van der Waals surface area (Å²) in [7, 11) is 0. The van der Waals surface area contributed by atoms with Gasteiger partial charge in [-0.2, -0.15) is 0 Å². The third kappa shape index (κ3) is 2.24. The molecule has 0 unspecified atom stereocenters. The Kier molecular flexibility index (Phi) is 2.69. The van der Waals surface area contributed by atoms with Crippen LogP contribution in [0.1, 0.15) is 31.2 Å². The Hall–Kier alpha value is -1.08. The fourth-order valence-corrected chi connectivity index (χ4v) is 2.03. The highest BCUT2D eigenvalue weighted by atomic mass is 14.7. The van der Waals surface area contributed by atoms with Gasteiger partial charge in [-0.3, -0.25) is 0 Å². The minimum Gasteiger partial charge on any atom is -0.322 e. The van der Waals surface area contributed by atoms with E-state index in [1.165, 1.54) is 18.4 Å². The van der Waals surface area contributed by atoms with Crippen LogP contribution < -0.4 is 5.73 Å². The molecule has 1 nitrogen and oxygen atoms in total. The molecule has 0 aromatic heterocycles. The first-order valence-electron chi connectivity index (χ1n) is 5.32. The van der Waals surface area contributed by atoms with Crippen LogP contribution in [0.15, 0.2) is 36.4 Å². The molecule has 0 heterocycles. The molecule has 1 heteroatoms. The topological polar surface area (TPSA) is 26.0 Å². The minimum absolute atomic E-state index is 0.0319. The second kappa shape index (κ2) is 3.97. The SMILES string of the molecule is NC1(/C=C/c2ccccc2)CCCC1. The van der Waals surface area contributed by atoms with Crippen molar-refractivity contribution in [1.82, 2.24) is 0 Å². The summed E-state index contributed by atoms with van der Waals surface area (Å²) in [5.74, 6) is 0. The summed E-state index contributed by atoms with van der Waals surface area (Å²) in [5.41, 5.74) is 7.43. The van der Waals surface area contributed by atoms with Crippen LogP contribution in [0, 0.1) is 0 Å². The summed E-state index contributed by atoms with van der Waals surface area (Å²) >= 11 is 0. The van der Waals surface area contributed by atoms with E-state index >= 15 is 0 Å². The van der Waals surface area contributed by atoms with Gasteiger partial charge in [-0.1, -0.05) is 55.3 Å². The van der Waals surface area contributed by atoms with Crippen LogP contribution in [0.4, 0.5) is 0 Å². The predicted octanol–water partition coefficient (Wildman–Crippen LogP) is 2.97. The molecule has 2 N–H and O–H groups in total. The van der Waals surface area contributed by atoms with Crippen molar-refractivity contribution in [1.29, 1.82) is 0 Å². The molecule has 0 atom stereocenters. The second-order valence-corrected chi connectivity index (χ2v) is 4.18. The zero-order valence-corrected chi connectivity index (χ0v) is 8.45. The summed E-state index contributed by atoms with van der Waals surface area (Å²) in [6.07, 6.45) is 9.14. The van der Waals surface area contributed by atoms with E-state index in [1.807, 2.05) is 6.07 Å². The summed E-state index contributed by atoms with van der Waals surface area (Å²) in [6.45, 7) is 0. The van der Waals surface area contributed by atoms with Gasteiger partial charge in [-0.05, 0) is 18.4 Å². The normalized spacial score (nSPS) is 20.4. The molecule has 1 saturated carbocycles. The molecule has 0 aliphatic heterocycles. The van der Waals surface area contributed by atoms with Crippen LogP contribution in [0.3, 0.4) is 0 Å². The summed E-state index contributed by atoms with van der Waals surface area (Å²) in [6, 6.07) is 10.4. The number of benzene rings is 1. The first-order valence-corrected chi connectivity index (χ1v) is 5.32. The Morgan fingerprint density at radius 2 is 1.71 bits per heavy atom. The zero-order chi connectivity index (χ0) is 9.86. The fraction of sp³-hybridized carbons (Fsp3) is 0.385. The van der Waals surface area contributed by atoms with Crippen LogP contribution in [0.5, 0.6) is 0 Å². The Bertz CT molecular complexity index is 307. The van der Waals surface area contributed by atoms with Crippen molar-refractivity contribution in [2.45, 2.75) is 31.2 Å². The van der Waals surface area contributed by atoms with Gasteiger partial charge in [0.15, 0.2) is 0 Å². The van der Waals surface area contributed by atoms with Crippen molar-refractivity contribution in [2.24, 2.45) is 5.73 Å². The van der Waals surface area contributed by atoms with Crippen LogP contribution in [-0.2, 0) is 0 Å². The van der Waals surface area contributed by atoms with E-state index < -0.39 is 0 Å². The van der Waals surface area contributed by atoms with Gasteiger partial charge in [0, 0.05) is 5.54 Å². The van der Waals surface area contributed by atoms with Gasteiger partial charge in [0.2, 0.25) is 0 Å².